The van der Waals surface area contributed by atoms with Crippen molar-refractivity contribution >= 4 is 17.5 Å². The van der Waals surface area contributed by atoms with Crippen molar-refractivity contribution in [1.29, 1.82) is 0 Å². The lowest BCUT2D eigenvalue weighted by atomic mass is 10.1. The third-order valence-electron chi connectivity index (χ3n) is 5.39. The van der Waals surface area contributed by atoms with Gasteiger partial charge in [0.15, 0.2) is 0 Å². The number of benzene rings is 1. The molecule has 2 heterocycles. The van der Waals surface area contributed by atoms with Gasteiger partial charge in [-0.2, -0.15) is 0 Å². The molecule has 2 atom stereocenters. The number of amides is 2. The van der Waals surface area contributed by atoms with E-state index in [0.29, 0.717) is 44.7 Å². The number of hydrogen-bond donors (Lipinski definition) is 0. The van der Waals surface area contributed by atoms with Gasteiger partial charge in [0.25, 0.3) is 0 Å². The van der Waals surface area contributed by atoms with Gasteiger partial charge >= 0.3 is 0 Å². The summed E-state index contributed by atoms with van der Waals surface area (Å²) in [6.45, 7) is 6.37. The first-order chi connectivity index (χ1) is 12.0. The fraction of sp³-hybridized carbons (Fsp3) is 0.579. The lowest BCUT2D eigenvalue weighted by Gasteiger charge is -2.39. The topological polar surface area (TPSA) is 43.9 Å². The third kappa shape index (κ3) is 3.48. The number of nitrogens with zero attached hydrogens (tertiary/aromatic N) is 3. The van der Waals surface area contributed by atoms with Gasteiger partial charge in [-0.3, -0.25) is 9.59 Å². The Balaban J connectivity index is 1.64. The lowest BCUT2D eigenvalue weighted by Crippen LogP contribution is -2.55. The first-order valence-corrected chi connectivity index (χ1v) is 9.12. The predicted octanol–water partition coefficient (Wildman–Crippen LogP) is 2.26. The van der Waals surface area contributed by atoms with Crippen molar-refractivity contribution in [3.8, 4) is 0 Å². The number of carbonyl (C=O) groups is 2. The molecule has 1 aromatic rings. The molecule has 1 aromatic carbocycles. The standard InChI is InChI=1S/C19H26FN3O2/c1-3-14(2)23-17(8-9-18(23)24)19(25)22-12-10-21(11-13-22)16-7-5-4-6-15(16)20/h4-7,14,17H,3,8-13H2,1-2H3/t14-,17+/m0/s1. The van der Waals surface area contributed by atoms with Crippen LogP contribution in [-0.4, -0.2) is 59.9 Å². The molecular formula is C19H26FN3O2. The number of likely N-dealkylation sites (tertiary alicyclic amines) is 1. The molecule has 0 bridgehead atoms. The van der Waals surface area contributed by atoms with E-state index >= 15 is 0 Å². The van der Waals surface area contributed by atoms with Gasteiger partial charge in [-0.1, -0.05) is 19.1 Å². The van der Waals surface area contributed by atoms with Crippen LogP contribution in [0.4, 0.5) is 10.1 Å². The van der Waals surface area contributed by atoms with Crippen LogP contribution < -0.4 is 4.90 Å². The Kier molecular flexibility index (Phi) is 5.25. The summed E-state index contributed by atoms with van der Waals surface area (Å²) in [5, 5.41) is 0. The molecular weight excluding hydrogens is 321 g/mol. The molecule has 136 valence electrons. The van der Waals surface area contributed by atoms with Crippen molar-refractivity contribution in [2.45, 2.75) is 45.2 Å². The first kappa shape index (κ1) is 17.7. The van der Waals surface area contributed by atoms with Crippen LogP contribution in [0.5, 0.6) is 0 Å². The van der Waals surface area contributed by atoms with Gasteiger partial charge in [-0.05, 0) is 31.9 Å². The Morgan fingerprint density at radius 3 is 2.56 bits per heavy atom. The molecule has 0 N–H and O–H groups in total. The molecule has 0 spiro atoms. The van der Waals surface area contributed by atoms with E-state index in [-0.39, 0.29) is 29.7 Å². The Bertz CT molecular complexity index is 643. The van der Waals surface area contributed by atoms with Crippen LogP contribution >= 0.6 is 0 Å². The maximum atomic E-state index is 13.9. The zero-order chi connectivity index (χ0) is 18.0. The number of carbonyl (C=O) groups excluding carboxylic acids is 2. The summed E-state index contributed by atoms with van der Waals surface area (Å²) in [7, 11) is 0. The number of halogens is 1. The number of hydrogen-bond acceptors (Lipinski definition) is 3. The summed E-state index contributed by atoms with van der Waals surface area (Å²) in [5.41, 5.74) is 0.590. The molecule has 2 amide bonds. The molecule has 2 aliphatic heterocycles. The lowest BCUT2D eigenvalue weighted by molar-refractivity contribution is -0.143. The smallest absolute Gasteiger partial charge is 0.245 e. The molecule has 3 rings (SSSR count). The molecule has 2 fully saturated rings. The average molecular weight is 347 g/mol. The fourth-order valence-electron chi connectivity index (χ4n) is 3.78. The van der Waals surface area contributed by atoms with Crippen LogP contribution in [0, 0.1) is 5.82 Å². The second kappa shape index (κ2) is 7.42. The summed E-state index contributed by atoms with van der Waals surface area (Å²) in [5.74, 6) is -0.108. The van der Waals surface area contributed by atoms with Gasteiger partial charge < -0.3 is 14.7 Å². The SMILES string of the molecule is CC[C@H](C)N1C(=O)CC[C@@H]1C(=O)N1CCN(c2ccccc2F)CC1. The molecule has 25 heavy (non-hydrogen) atoms. The molecule has 0 aromatic heterocycles. The molecule has 2 saturated heterocycles. The Morgan fingerprint density at radius 2 is 1.92 bits per heavy atom. The van der Waals surface area contributed by atoms with Crippen LogP contribution in [0.25, 0.3) is 0 Å². The molecule has 6 heteroatoms. The summed E-state index contributed by atoms with van der Waals surface area (Å²) >= 11 is 0. The van der Waals surface area contributed by atoms with Gasteiger partial charge in [0.2, 0.25) is 11.8 Å². The first-order valence-electron chi connectivity index (χ1n) is 9.12. The minimum Gasteiger partial charge on any atom is -0.366 e. The van der Waals surface area contributed by atoms with E-state index < -0.39 is 0 Å². The minimum atomic E-state index is -0.331. The molecule has 0 unspecified atom stereocenters. The highest BCUT2D eigenvalue weighted by Gasteiger charge is 2.40. The van der Waals surface area contributed by atoms with Gasteiger partial charge in [-0.15, -0.1) is 0 Å². The average Bonchev–Trinajstić information content (AvgIpc) is 3.02. The minimum absolute atomic E-state index is 0.0410. The van der Waals surface area contributed by atoms with E-state index in [0.717, 1.165) is 6.42 Å². The Labute approximate surface area is 148 Å². The van der Waals surface area contributed by atoms with E-state index in [9.17, 15) is 14.0 Å². The monoisotopic (exact) mass is 347 g/mol. The summed E-state index contributed by atoms with van der Waals surface area (Å²) in [4.78, 5) is 30.7. The Hall–Kier alpha value is -2.11. The highest BCUT2D eigenvalue weighted by Crippen LogP contribution is 2.26. The van der Waals surface area contributed by atoms with Gasteiger partial charge in [0.1, 0.15) is 11.9 Å². The number of piperazine rings is 1. The van der Waals surface area contributed by atoms with Crippen molar-refractivity contribution in [1.82, 2.24) is 9.80 Å². The highest BCUT2D eigenvalue weighted by molar-refractivity contribution is 5.91. The number of anilines is 1. The number of rotatable bonds is 4. The maximum absolute atomic E-state index is 13.9. The fourth-order valence-corrected chi connectivity index (χ4v) is 3.78. The van der Waals surface area contributed by atoms with Crippen LogP contribution in [0.1, 0.15) is 33.1 Å². The quantitative estimate of drug-likeness (QED) is 0.839. The second-order valence-corrected chi connectivity index (χ2v) is 6.88. The van der Waals surface area contributed by atoms with Gasteiger partial charge in [0, 0.05) is 38.6 Å². The molecule has 2 aliphatic rings. The normalized spacial score (nSPS) is 22.4. The van der Waals surface area contributed by atoms with Crippen molar-refractivity contribution < 1.29 is 14.0 Å². The zero-order valence-corrected chi connectivity index (χ0v) is 14.9. The van der Waals surface area contributed by atoms with Crippen molar-refractivity contribution in [2.24, 2.45) is 0 Å². The largest absolute Gasteiger partial charge is 0.366 e. The summed E-state index contributed by atoms with van der Waals surface area (Å²) in [6, 6.07) is 6.49. The van der Waals surface area contributed by atoms with Crippen molar-refractivity contribution in [2.75, 3.05) is 31.1 Å². The van der Waals surface area contributed by atoms with E-state index in [4.69, 9.17) is 0 Å². The maximum Gasteiger partial charge on any atom is 0.245 e. The van der Waals surface area contributed by atoms with Crippen molar-refractivity contribution in [3.05, 3.63) is 30.1 Å². The van der Waals surface area contributed by atoms with Crippen LogP contribution in [0.15, 0.2) is 24.3 Å². The second-order valence-electron chi connectivity index (χ2n) is 6.88. The van der Waals surface area contributed by atoms with Crippen LogP contribution in [0.3, 0.4) is 0 Å². The Morgan fingerprint density at radius 1 is 1.24 bits per heavy atom. The summed E-state index contributed by atoms with van der Waals surface area (Å²) < 4.78 is 13.9. The molecule has 0 aliphatic carbocycles. The van der Waals surface area contributed by atoms with E-state index in [2.05, 4.69) is 0 Å². The van der Waals surface area contributed by atoms with E-state index in [1.807, 2.05) is 29.7 Å². The van der Waals surface area contributed by atoms with Gasteiger partial charge in [-0.25, -0.2) is 4.39 Å². The molecule has 0 radical (unpaired) electrons. The predicted molar refractivity (Wildman–Crippen MR) is 94.8 cm³/mol. The molecule has 5 nitrogen and oxygen atoms in total. The van der Waals surface area contributed by atoms with E-state index in [1.165, 1.54) is 6.07 Å². The van der Waals surface area contributed by atoms with E-state index in [1.54, 1.807) is 17.0 Å². The molecule has 0 saturated carbocycles. The van der Waals surface area contributed by atoms with Crippen LogP contribution in [-0.2, 0) is 9.59 Å². The number of para-hydroxylation sites is 1. The summed E-state index contributed by atoms with van der Waals surface area (Å²) in [6.07, 6.45) is 1.90. The van der Waals surface area contributed by atoms with Crippen molar-refractivity contribution in [3.63, 3.8) is 0 Å². The highest BCUT2D eigenvalue weighted by atomic mass is 19.1. The van der Waals surface area contributed by atoms with Crippen LogP contribution in [0.2, 0.25) is 0 Å². The van der Waals surface area contributed by atoms with Gasteiger partial charge in [0.05, 0.1) is 5.69 Å². The third-order valence-corrected chi connectivity index (χ3v) is 5.39. The zero-order valence-electron chi connectivity index (χ0n) is 14.9.